The van der Waals surface area contributed by atoms with Gasteiger partial charge in [0.25, 0.3) is 0 Å². The molecule has 3 aliphatic rings. The lowest BCUT2D eigenvalue weighted by atomic mass is 9.81. The SMILES string of the molecule is CCOc1ccc(CCN2C(=O)[C@@H]3[C@@H](C2=O)[C@H]2CC[C@H]3O2)cc1OCC. The second-order valence-corrected chi connectivity index (χ2v) is 7.07. The molecule has 0 aliphatic carbocycles. The van der Waals surface area contributed by atoms with Gasteiger partial charge >= 0.3 is 0 Å². The van der Waals surface area contributed by atoms with Crippen molar-refractivity contribution in [3.63, 3.8) is 0 Å². The number of nitrogens with zero attached hydrogens (tertiary/aromatic N) is 1. The molecule has 3 aliphatic heterocycles. The highest BCUT2D eigenvalue weighted by Crippen LogP contribution is 2.48. The van der Waals surface area contributed by atoms with E-state index in [0.717, 1.165) is 24.2 Å². The lowest BCUT2D eigenvalue weighted by Crippen LogP contribution is -2.35. The van der Waals surface area contributed by atoms with Gasteiger partial charge in [-0.2, -0.15) is 0 Å². The zero-order valence-electron chi connectivity index (χ0n) is 15.3. The van der Waals surface area contributed by atoms with Crippen molar-refractivity contribution >= 4 is 11.8 Å². The first-order valence-electron chi connectivity index (χ1n) is 9.53. The van der Waals surface area contributed by atoms with Crippen molar-refractivity contribution in [1.82, 2.24) is 4.90 Å². The Bertz CT molecular complexity index is 690. The second-order valence-electron chi connectivity index (χ2n) is 7.07. The first kappa shape index (κ1) is 17.3. The van der Waals surface area contributed by atoms with E-state index in [2.05, 4.69) is 0 Å². The number of carbonyl (C=O) groups is 2. The second kappa shape index (κ2) is 6.91. The van der Waals surface area contributed by atoms with E-state index in [1.165, 1.54) is 4.90 Å². The van der Waals surface area contributed by atoms with E-state index in [4.69, 9.17) is 14.2 Å². The quantitative estimate of drug-likeness (QED) is 0.698. The van der Waals surface area contributed by atoms with Crippen molar-refractivity contribution in [2.75, 3.05) is 19.8 Å². The van der Waals surface area contributed by atoms with Crippen LogP contribution in [0.4, 0.5) is 0 Å². The normalized spacial score (nSPS) is 29.4. The minimum atomic E-state index is -0.249. The Morgan fingerprint density at radius 3 is 2.23 bits per heavy atom. The lowest BCUT2D eigenvalue weighted by molar-refractivity contribution is -0.142. The predicted molar refractivity (Wildman–Crippen MR) is 94.1 cm³/mol. The van der Waals surface area contributed by atoms with E-state index in [1.807, 2.05) is 32.0 Å². The number of carbonyl (C=O) groups excluding carboxylic acids is 2. The summed E-state index contributed by atoms with van der Waals surface area (Å²) in [7, 11) is 0. The van der Waals surface area contributed by atoms with Gasteiger partial charge in [-0.25, -0.2) is 0 Å². The molecular weight excluding hydrogens is 334 g/mol. The smallest absolute Gasteiger partial charge is 0.235 e. The van der Waals surface area contributed by atoms with E-state index in [1.54, 1.807) is 0 Å². The molecule has 0 saturated carbocycles. The molecule has 4 atom stereocenters. The van der Waals surface area contributed by atoms with Crippen LogP contribution in [0.15, 0.2) is 18.2 Å². The molecule has 1 aromatic carbocycles. The average Bonchev–Trinajstić information content (AvgIpc) is 3.30. The van der Waals surface area contributed by atoms with Crippen LogP contribution < -0.4 is 9.47 Å². The molecule has 26 heavy (non-hydrogen) atoms. The number of ether oxygens (including phenoxy) is 3. The van der Waals surface area contributed by atoms with Gasteiger partial charge in [0.1, 0.15) is 0 Å². The fraction of sp³-hybridized carbons (Fsp3) is 0.600. The third-order valence-corrected chi connectivity index (χ3v) is 5.61. The van der Waals surface area contributed by atoms with Gasteiger partial charge in [0, 0.05) is 6.54 Å². The highest BCUT2D eigenvalue weighted by atomic mass is 16.5. The van der Waals surface area contributed by atoms with Crippen molar-refractivity contribution in [3.05, 3.63) is 23.8 Å². The summed E-state index contributed by atoms with van der Waals surface area (Å²) in [5.74, 6) is 0.816. The van der Waals surface area contributed by atoms with E-state index in [9.17, 15) is 9.59 Å². The fourth-order valence-corrected chi connectivity index (χ4v) is 4.49. The zero-order chi connectivity index (χ0) is 18.3. The number of amides is 2. The molecule has 0 unspecified atom stereocenters. The first-order valence-corrected chi connectivity index (χ1v) is 9.53. The summed E-state index contributed by atoms with van der Waals surface area (Å²) >= 11 is 0. The van der Waals surface area contributed by atoms with Crippen LogP contribution in [0.2, 0.25) is 0 Å². The summed E-state index contributed by atoms with van der Waals surface area (Å²) in [4.78, 5) is 26.8. The van der Waals surface area contributed by atoms with Gasteiger partial charge in [-0.05, 0) is 50.8 Å². The zero-order valence-corrected chi connectivity index (χ0v) is 15.3. The summed E-state index contributed by atoms with van der Waals surface area (Å²) < 4.78 is 17.0. The molecular formula is C20H25NO5. The number of imide groups is 1. The van der Waals surface area contributed by atoms with E-state index < -0.39 is 0 Å². The van der Waals surface area contributed by atoms with E-state index in [-0.39, 0.29) is 35.9 Å². The molecule has 6 heteroatoms. The van der Waals surface area contributed by atoms with E-state index >= 15 is 0 Å². The Labute approximate surface area is 153 Å². The molecule has 3 saturated heterocycles. The largest absolute Gasteiger partial charge is 0.490 e. The first-order chi connectivity index (χ1) is 12.6. The average molecular weight is 359 g/mol. The Morgan fingerprint density at radius 2 is 1.62 bits per heavy atom. The van der Waals surface area contributed by atoms with Gasteiger partial charge in [-0.3, -0.25) is 14.5 Å². The molecule has 140 valence electrons. The maximum Gasteiger partial charge on any atom is 0.235 e. The molecule has 0 radical (unpaired) electrons. The standard InChI is InChI=1S/C20H25NO5/c1-3-24-13-6-5-12(11-16(13)25-4-2)9-10-21-19(22)17-14-7-8-15(26-14)18(17)20(21)23/h5-6,11,14-15,17-18H,3-4,7-10H2,1-2H3/t14-,15-,17+,18+/m1/s1. The van der Waals surface area contributed by atoms with E-state index in [0.29, 0.717) is 31.9 Å². The number of likely N-dealkylation sites (tertiary alicyclic amines) is 1. The number of hydrogen-bond donors (Lipinski definition) is 0. The van der Waals surface area contributed by atoms with Crippen molar-refractivity contribution in [1.29, 1.82) is 0 Å². The van der Waals surface area contributed by atoms with Crippen molar-refractivity contribution in [2.24, 2.45) is 11.8 Å². The third kappa shape index (κ3) is 2.76. The van der Waals surface area contributed by atoms with Crippen LogP contribution in [-0.4, -0.2) is 48.7 Å². The van der Waals surface area contributed by atoms with Gasteiger partial charge in [-0.15, -0.1) is 0 Å². The molecule has 3 heterocycles. The summed E-state index contributed by atoms with van der Waals surface area (Å²) in [5.41, 5.74) is 1.02. The van der Waals surface area contributed by atoms with Crippen LogP contribution in [0, 0.1) is 11.8 Å². The Hall–Kier alpha value is -2.08. The molecule has 2 amide bonds. The predicted octanol–water partition coefficient (Wildman–Crippen LogP) is 2.19. The summed E-state index contributed by atoms with van der Waals surface area (Å²) in [6, 6.07) is 5.79. The van der Waals surface area contributed by atoms with Crippen LogP contribution in [0.5, 0.6) is 11.5 Å². The number of fused-ring (bicyclic) bond motifs is 5. The fourth-order valence-electron chi connectivity index (χ4n) is 4.49. The number of rotatable bonds is 7. The van der Waals surface area contributed by atoms with Gasteiger partial charge in [-0.1, -0.05) is 6.07 Å². The van der Waals surface area contributed by atoms with Crippen LogP contribution in [-0.2, 0) is 20.7 Å². The van der Waals surface area contributed by atoms with Crippen LogP contribution in [0.25, 0.3) is 0 Å². The van der Waals surface area contributed by atoms with Gasteiger partial charge in [0.05, 0.1) is 37.3 Å². The molecule has 4 rings (SSSR count). The monoisotopic (exact) mass is 359 g/mol. The molecule has 0 N–H and O–H groups in total. The Kier molecular flexibility index (Phi) is 4.61. The maximum absolute atomic E-state index is 12.7. The van der Waals surface area contributed by atoms with Gasteiger partial charge in [0.2, 0.25) is 11.8 Å². The van der Waals surface area contributed by atoms with Crippen molar-refractivity contribution in [3.8, 4) is 11.5 Å². The minimum Gasteiger partial charge on any atom is -0.490 e. The highest BCUT2D eigenvalue weighted by Gasteiger charge is 2.62. The van der Waals surface area contributed by atoms with Crippen molar-refractivity contribution < 1.29 is 23.8 Å². The topological polar surface area (TPSA) is 65.1 Å². The van der Waals surface area contributed by atoms with Gasteiger partial charge < -0.3 is 14.2 Å². The lowest BCUT2D eigenvalue weighted by Gasteiger charge is -2.18. The number of hydrogen-bond acceptors (Lipinski definition) is 5. The molecule has 6 nitrogen and oxygen atoms in total. The Morgan fingerprint density at radius 1 is 1.00 bits per heavy atom. The highest BCUT2D eigenvalue weighted by molar-refractivity contribution is 6.06. The molecule has 2 bridgehead atoms. The third-order valence-electron chi connectivity index (χ3n) is 5.61. The summed E-state index contributed by atoms with van der Waals surface area (Å²) in [5, 5.41) is 0. The van der Waals surface area contributed by atoms with Crippen molar-refractivity contribution in [2.45, 2.75) is 45.3 Å². The Balaban J connectivity index is 1.45. The number of benzene rings is 1. The maximum atomic E-state index is 12.7. The molecule has 0 spiro atoms. The molecule has 1 aromatic rings. The van der Waals surface area contributed by atoms with Gasteiger partial charge in [0.15, 0.2) is 11.5 Å². The van der Waals surface area contributed by atoms with Crippen LogP contribution in [0.3, 0.4) is 0 Å². The molecule has 0 aromatic heterocycles. The molecule has 3 fully saturated rings. The van der Waals surface area contributed by atoms with Crippen LogP contribution >= 0.6 is 0 Å². The summed E-state index contributed by atoms with van der Waals surface area (Å²) in [6.45, 7) is 5.40. The summed E-state index contributed by atoms with van der Waals surface area (Å²) in [6.07, 6.45) is 2.30. The van der Waals surface area contributed by atoms with Crippen LogP contribution in [0.1, 0.15) is 32.3 Å². The minimum absolute atomic E-state index is 0.0526.